The molecule has 0 aliphatic heterocycles. The van der Waals surface area contributed by atoms with Crippen LogP contribution in [-0.2, 0) is 9.59 Å². The maximum absolute atomic E-state index is 11.8. The van der Waals surface area contributed by atoms with E-state index in [9.17, 15) is 14.7 Å². The molecule has 0 aromatic heterocycles. The smallest absolute Gasteiger partial charge is 0.243 e. The normalized spacial score (nSPS) is 15.1. The van der Waals surface area contributed by atoms with Gasteiger partial charge in [0.25, 0.3) is 0 Å². The Morgan fingerprint density at radius 3 is 2.65 bits per heavy atom. The number of anilines is 1. The molecule has 2 amide bonds. The summed E-state index contributed by atoms with van der Waals surface area (Å²) in [5, 5.41) is 14.9. The average Bonchev–Trinajstić information content (AvgIpc) is 2.93. The first kappa shape index (κ1) is 14.4. The second kappa shape index (κ2) is 6.41. The number of amides is 2. The van der Waals surface area contributed by atoms with Gasteiger partial charge in [-0.2, -0.15) is 0 Å². The summed E-state index contributed by atoms with van der Waals surface area (Å²) in [6.07, 6.45) is 3.99. The Hall–Kier alpha value is -2.04. The number of carbonyl (C=O) groups is 2. The molecule has 5 nitrogen and oxygen atoms in total. The molecule has 1 aliphatic rings. The van der Waals surface area contributed by atoms with Crippen LogP contribution in [0.5, 0.6) is 5.75 Å². The number of carbonyl (C=O) groups excluding carboxylic acids is 2. The molecule has 0 atom stereocenters. The van der Waals surface area contributed by atoms with Crippen LogP contribution in [-0.4, -0.2) is 23.5 Å². The summed E-state index contributed by atoms with van der Waals surface area (Å²) in [6.45, 7) is 1.79. The fourth-order valence-electron chi connectivity index (χ4n) is 2.44. The number of aryl methyl sites for hydroxylation is 1. The lowest BCUT2D eigenvalue weighted by atomic mass is 10.1. The van der Waals surface area contributed by atoms with Crippen molar-refractivity contribution in [2.24, 2.45) is 5.92 Å². The Kier molecular flexibility index (Phi) is 4.61. The molecule has 0 spiro atoms. The molecule has 1 aliphatic carbocycles. The van der Waals surface area contributed by atoms with Crippen LogP contribution in [0.25, 0.3) is 0 Å². The van der Waals surface area contributed by atoms with E-state index in [4.69, 9.17) is 0 Å². The highest BCUT2D eigenvalue weighted by atomic mass is 16.3. The number of rotatable bonds is 4. The van der Waals surface area contributed by atoms with E-state index >= 15 is 0 Å². The lowest BCUT2D eigenvalue weighted by molar-refractivity contribution is -0.127. The molecule has 20 heavy (non-hydrogen) atoms. The highest BCUT2D eigenvalue weighted by Crippen LogP contribution is 2.25. The Morgan fingerprint density at radius 1 is 1.30 bits per heavy atom. The molecule has 1 fully saturated rings. The molecular weight excluding hydrogens is 256 g/mol. The van der Waals surface area contributed by atoms with Crippen molar-refractivity contribution < 1.29 is 14.7 Å². The second-order valence-corrected chi connectivity index (χ2v) is 5.27. The minimum atomic E-state index is -0.338. The van der Waals surface area contributed by atoms with E-state index in [0.29, 0.717) is 5.69 Å². The summed E-state index contributed by atoms with van der Waals surface area (Å²) in [6, 6.07) is 5.01. The molecule has 1 aromatic rings. The van der Waals surface area contributed by atoms with Gasteiger partial charge in [-0.3, -0.25) is 9.59 Å². The zero-order chi connectivity index (χ0) is 14.5. The van der Waals surface area contributed by atoms with Gasteiger partial charge in [-0.05, 0) is 37.5 Å². The average molecular weight is 276 g/mol. The van der Waals surface area contributed by atoms with Crippen LogP contribution < -0.4 is 10.6 Å². The summed E-state index contributed by atoms with van der Waals surface area (Å²) in [5.74, 6) is -0.308. The van der Waals surface area contributed by atoms with Crippen molar-refractivity contribution in [3.8, 4) is 5.75 Å². The zero-order valence-electron chi connectivity index (χ0n) is 11.6. The molecule has 0 radical (unpaired) electrons. The maximum Gasteiger partial charge on any atom is 0.243 e. The predicted octanol–water partition coefficient (Wildman–Crippen LogP) is 1.95. The fraction of sp³-hybridized carbons (Fsp3) is 0.467. The van der Waals surface area contributed by atoms with E-state index in [1.165, 1.54) is 0 Å². The van der Waals surface area contributed by atoms with E-state index < -0.39 is 0 Å². The topological polar surface area (TPSA) is 78.4 Å². The summed E-state index contributed by atoms with van der Waals surface area (Å²) >= 11 is 0. The van der Waals surface area contributed by atoms with E-state index in [2.05, 4.69) is 10.6 Å². The van der Waals surface area contributed by atoms with Gasteiger partial charge in [0.2, 0.25) is 11.8 Å². The van der Waals surface area contributed by atoms with E-state index in [1.807, 2.05) is 6.92 Å². The lowest BCUT2D eigenvalue weighted by Crippen LogP contribution is -2.36. The molecule has 2 rings (SSSR count). The van der Waals surface area contributed by atoms with Crippen LogP contribution >= 0.6 is 0 Å². The number of phenols is 1. The SMILES string of the molecule is Cc1ccc(NC(=O)CNC(=O)C2CCCC2)c(O)c1. The fourth-order valence-corrected chi connectivity index (χ4v) is 2.44. The van der Waals surface area contributed by atoms with Crippen LogP contribution in [0, 0.1) is 12.8 Å². The first-order valence-electron chi connectivity index (χ1n) is 6.93. The van der Waals surface area contributed by atoms with Crippen molar-refractivity contribution in [1.82, 2.24) is 5.32 Å². The number of hydrogen-bond acceptors (Lipinski definition) is 3. The van der Waals surface area contributed by atoms with Crippen molar-refractivity contribution in [3.63, 3.8) is 0 Å². The Morgan fingerprint density at radius 2 is 2.00 bits per heavy atom. The molecule has 3 N–H and O–H groups in total. The monoisotopic (exact) mass is 276 g/mol. The number of nitrogens with one attached hydrogen (secondary N) is 2. The Bertz CT molecular complexity index is 508. The van der Waals surface area contributed by atoms with Crippen LogP contribution in [0.15, 0.2) is 18.2 Å². The van der Waals surface area contributed by atoms with Gasteiger partial charge in [-0.1, -0.05) is 18.9 Å². The second-order valence-electron chi connectivity index (χ2n) is 5.27. The summed E-state index contributed by atoms with van der Waals surface area (Å²) < 4.78 is 0. The molecule has 1 saturated carbocycles. The lowest BCUT2D eigenvalue weighted by Gasteiger charge is -2.11. The molecule has 0 saturated heterocycles. The van der Waals surface area contributed by atoms with Crippen molar-refractivity contribution in [2.75, 3.05) is 11.9 Å². The molecule has 108 valence electrons. The number of benzene rings is 1. The largest absolute Gasteiger partial charge is 0.506 e. The van der Waals surface area contributed by atoms with Crippen LogP contribution in [0.2, 0.25) is 0 Å². The first-order chi connectivity index (χ1) is 9.56. The van der Waals surface area contributed by atoms with Gasteiger partial charge >= 0.3 is 0 Å². The van der Waals surface area contributed by atoms with Crippen LogP contribution in [0.3, 0.4) is 0 Å². The molecule has 0 bridgehead atoms. The van der Waals surface area contributed by atoms with Crippen molar-refractivity contribution in [2.45, 2.75) is 32.6 Å². The van der Waals surface area contributed by atoms with Gasteiger partial charge in [0, 0.05) is 5.92 Å². The van der Waals surface area contributed by atoms with Crippen molar-refractivity contribution >= 4 is 17.5 Å². The van der Waals surface area contributed by atoms with Gasteiger partial charge in [0.15, 0.2) is 0 Å². The third-order valence-corrected chi connectivity index (χ3v) is 3.58. The van der Waals surface area contributed by atoms with Gasteiger partial charge in [0.1, 0.15) is 5.75 Å². The quantitative estimate of drug-likeness (QED) is 0.735. The molecular formula is C15H20N2O3. The maximum atomic E-state index is 11.8. The highest BCUT2D eigenvalue weighted by Gasteiger charge is 2.22. The standard InChI is InChI=1S/C15H20N2O3/c1-10-6-7-12(13(18)8-10)17-14(19)9-16-15(20)11-4-2-3-5-11/h6-8,11,18H,2-5,9H2,1H3,(H,16,20)(H,17,19). The van der Waals surface area contributed by atoms with E-state index in [0.717, 1.165) is 31.2 Å². The Labute approximate surface area is 118 Å². The van der Waals surface area contributed by atoms with Gasteiger partial charge in [0.05, 0.1) is 12.2 Å². The van der Waals surface area contributed by atoms with E-state index in [1.54, 1.807) is 18.2 Å². The zero-order valence-corrected chi connectivity index (χ0v) is 11.6. The number of phenolic OH excluding ortho intramolecular Hbond substituents is 1. The Balaban J connectivity index is 1.81. The highest BCUT2D eigenvalue weighted by molar-refractivity contribution is 5.95. The van der Waals surface area contributed by atoms with Crippen molar-refractivity contribution in [1.29, 1.82) is 0 Å². The van der Waals surface area contributed by atoms with Crippen LogP contribution in [0.1, 0.15) is 31.2 Å². The van der Waals surface area contributed by atoms with E-state index in [-0.39, 0.29) is 30.0 Å². The summed E-state index contributed by atoms with van der Waals surface area (Å²) in [5.41, 5.74) is 1.27. The van der Waals surface area contributed by atoms with Crippen molar-refractivity contribution in [3.05, 3.63) is 23.8 Å². The minimum absolute atomic E-state index is 0.0282. The third-order valence-electron chi connectivity index (χ3n) is 3.58. The molecule has 1 aromatic carbocycles. The molecule has 5 heteroatoms. The first-order valence-corrected chi connectivity index (χ1v) is 6.93. The molecule has 0 heterocycles. The van der Waals surface area contributed by atoms with Crippen LogP contribution in [0.4, 0.5) is 5.69 Å². The van der Waals surface area contributed by atoms with Gasteiger partial charge < -0.3 is 15.7 Å². The van der Waals surface area contributed by atoms with Gasteiger partial charge in [-0.15, -0.1) is 0 Å². The summed E-state index contributed by atoms with van der Waals surface area (Å²) in [4.78, 5) is 23.5. The number of aromatic hydroxyl groups is 1. The predicted molar refractivity (Wildman–Crippen MR) is 76.4 cm³/mol. The number of hydrogen-bond donors (Lipinski definition) is 3. The third kappa shape index (κ3) is 3.73. The minimum Gasteiger partial charge on any atom is -0.506 e. The van der Waals surface area contributed by atoms with Gasteiger partial charge in [-0.25, -0.2) is 0 Å². The molecule has 0 unspecified atom stereocenters. The summed E-state index contributed by atoms with van der Waals surface area (Å²) in [7, 11) is 0.